The van der Waals surface area contributed by atoms with Gasteiger partial charge in [0, 0.05) is 12.0 Å². The van der Waals surface area contributed by atoms with E-state index in [1.165, 1.54) is 11.6 Å². The monoisotopic (exact) mass is 355 g/mol. The van der Waals surface area contributed by atoms with Crippen LogP contribution in [0.5, 0.6) is 0 Å². The zero-order chi connectivity index (χ0) is 18.7. The molecule has 0 radical (unpaired) electrons. The third-order valence-corrected chi connectivity index (χ3v) is 6.19. The van der Waals surface area contributed by atoms with Crippen LogP contribution in [0.4, 0.5) is 4.39 Å². The van der Waals surface area contributed by atoms with Gasteiger partial charge in [0.25, 0.3) is 0 Å². The summed E-state index contributed by atoms with van der Waals surface area (Å²) in [7, 11) is 4.12. The van der Waals surface area contributed by atoms with Crippen LogP contribution in [0.3, 0.4) is 0 Å². The Morgan fingerprint density at radius 1 is 1.00 bits per heavy atom. The first kappa shape index (κ1) is 19.1. The van der Waals surface area contributed by atoms with Crippen LogP contribution in [0, 0.1) is 11.7 Å². The molecule has 1 N–H and O–H groups in total. The van der Waals surface area contributed by atoms with Gasteiger partial charge in [-0.1, -0.05) is 49.4 Å². The molecular weight excluding hydrogens is 325 g/mol. The molecule has 0 amide bonds. The maximum absolute atomic E-state index is 13.7. The number of halogens is 1. The van der Waals surface area contributed by atoms with Crippen molar-refractivity contribution in [1.82, 2.24) is 4.90 Å². The molecule has 0 aliphatic heterocycles. The Balaban J connectivity index is 1.74. The number of hydrogen-bond donors (Lipinski definition) is 1. The molecule has 0 saturated heterocycles. The first-order chi connectivity index (χ1) is 12.4. The Labute approximate surface area is 156 Å². The van der Waals surface area contributed by atoms with E-state index in [1.54, 1.807) is 12.1 Å². The smallest absolute Gasteiger partial charge is 0.123 e. The first-order valence-corrected chi connectivity index (χ1v) is 9.60. The Hall–Kier alpha value is -1.71. The molecule has 26 heavy (non-hydrogen) atoms. The lowest BCUT2D eigenvalue weighted by Crippen LogP contribution is -2.41. The van der Waals surface area contributed by atoms with Crippen LogP contribution in [0.25, 0.3) is 0 Å². The Bertz CT molecular complexity index is 707. The van der Waals surface area contributed by atoms with E-state index in [-0.39, 0.29) is 17.8 Å². The lowest BCUT2D eigenvalue weighted by molar-refractivity contribution is -0.0383. The van der Waals surface area contributed by atoms with Gasteiger partial charge in [-0.3, -0.25) is 0 Å². The minimum Gasteiger partial charge on any atom is -0.389 e. The fourth-order valence-corrected chi connectivity index (χ4v) is 4.62. The molecule has 1 saturated carbocycles. The van der Waals surface area contributed by atoms with Gasteiger partial charge in [-0.15, -0.1) is 0 Å². The quantitative estimate of drug-likeness (QED) is 0.801. The molecule has 140 valence electrons. The van der Waals surface area contributed by atoms with Crippen LogP contribution in [0.2, 0.25) is 0 Å². The van der Waals surface area contributed by atoms with Crippen LogP contribution >= 0.6 is 0 Å². The van der Waals surface area contributed by atoms with Crippen molar-refractivity contribution in [1.29, 1.82) is 0 Å². The number of benzene rings is 2. The molecule has 0 aromatic heterocycles. The zero-order valence-corrected chi connectivity index (χ0v) is 16.0. The highest BCUT2D eigenvalue weighted by Crippen LogP contribution is 2.45. The summed E-state index contributed by atoms with van der Waals surface area (Å²) in [6.45, 7) is 2.13. The first-order valence-electron chi connectivity index (χ1n) is 9.60. The number of aliphatic hydroxyl groups is 1. The van der Waals surface area contributed by atoms with Gasteiger partial charge in [-0.2, -0.15) is 0 Å². The standard InChI is InChI=1S/C23H30FNO/c1-17(18-8-5-4-6-9-18)23(26)14-12-19(13-15-23)22(25(2)3)20-10-7-11-21(24)16-20/h4-11,16-17,19,22,26H,12-15H2,1-3H3. The van der Waals surface area contributed by atoms with E-state index in [0.29, 0.717) is 5.92 Å². The summed E-state index contributed by atoms with van der Waals surface area (Å²) >= 11 is 0. The van der Waals surface area contributed by atoms with E-state index in [4.69, 9.17) is 0 Å². The highest BCUT2D eigenvalue weighted by Gasteiger charge is 2.41. The summed E-state index contributed by atoms with van der Waals surface area (Å²) in [5, 5.41) is 11.3. The van der Waals surface area contributed by atoms with E-state index < -0.39 is 5.60 Å². The van der Waals surface area contributed by atoms with Crippen LogP contribution < -0.4 is 0 Å². The summed E-state index contributed by atoms with van der Waals surface area (Å²) in [5.74, 6) is 0.367. The third-order valence-electron chi connectivity index (χ3n) is 6.19. The predicted octanol–water partition coefficient (Wildman–Crippen LogP) is 5.15. The maximum Gasteiger partial charge on any atom is 0.123 e. The lowest BCUT2D eigenvalue weighted by Gasteiger charge is -2.44. The molecule has 2 atom stereocenters. The minimum absolute atomic E-state index is 0.122. The van der Waals surface area contributed by atoms with Gasteiger partial charge in [0.05, 0.1) is 5.60 Å². The molecule has 2 nitrogen and oxygen atoms in total. The van der Waals surface area contributed by atoms with Crippen molar-refractivity contribution in [2.45, 2.75) is 50.2 Å². The molecule has 1 fully saturated rings. The van der Waals surface area contributed by atoms with Crippen molar-refractivity contribution in [2.75, 3.05) is 14.1 Å². The summed E-state index contributed by atoms with van der Waals surface area (Å²) < 4.78 is 13.7. The van der Waals surface area contributed by atoms with E-state index >= 15 is 0 Å². The predicted molar refractivity (Wildman–Crippen MR) is 105 cm³/mol. The van der Waals surface area contributed by atoms with Crippen molar-refractivity contribution in [2.24, 2.45) is 5.92 Å². The van der Waals surface area contributed by atoms with Crippen molar-refractivity contribution in [3.63, 3.8) is 0 Å². The van der Waals surface area contributed by atoms with Gasteiger partial charge in [-0.05, 0) is 69.0 Å². The Morgan fingerprint density at radius 3 is 2.19 bits per heavy atom. The molecule has 0 bridgehead atoms. The number of rotatable bonds is 5. The lowest BCUT2D eigenvalue weighted by atomic mass is 9.68. The second-order valence-corrected chi connectivity index (χ2v) is 8.04. The van der Waals surface area contributed by atoms with Crippen molar-refractivity contribution < 1.29 is 9.50 Å². The molecule has 1 aliphatic rings. The largest absolute Gasteiger partial charge is 0.389 e. The molecule has 1 aliphatic carbocycles. The van der Waals surface area contributed by atoms with Crippen LogP contribution in [0.1, 0.15) is 55.7 Å². The van der Waals surface area contributed by atoms with Crippen molar-refractivity contribution >= 4 is 0 Å². The molecule has 2 aromatic rings. The zero-order valence-electron chi connectivity index (χ0n) is 16.0. The fraction of sp³-hybridized carbons (Fsp3) is 0.478. The highest BCUT2D eigenvalue weighted by atomic mass is 19.1. The summed E-state index contributed by atoms with van der Waals surface area (Å²) in [6.07, 6.45) is 3.47. The van der Waals surface area contributed by atoms with E-state index in [1.807, 2.05) is 24.3 Å². The van der Waals surface area contributed by atoms with E-state index in [9.17, 15) is 9.50 Å². The van der Waals surface area contributed by atoms with Crippen LogP contribution in [0.15, 0.2) is 54.6 Å². The maximum atomic E-state index is 13.7. The molecule has 3 rings (SSSR count). The summed E-state index contributed by atoms with van der Waals surface area (Å²) in [6, 6.07) is 17.4. The minimum atomic E-state index is -0.656. The van der Waals surface area contributed by atoms with Gasteiger partial charge in [0.15, 0.2) is 0 Å². The molecule has 0 spiro atoms. The SMILES string of the molecule is CC(c1ccccc1)C1(O)CCC(C(c2cccc(F)c2)N(C)C)CC1. The average Bonchev–Trinajstić information content (AvgIpc) is 2.63. The van der Waals surface area contributed by atoms with E-state index in [0.717, 1.165) is 31.2 Å². The van der Waals surface area contributed by atoms with Gasteiger partial charge < -0.3 is 10.0 Å². The van der Waals surface area contributed by atoms with Crippen LogP contribution in [-0.2, 0) is 0 Å². The Kier molecular flexibility index (Phi) is 5.79. The second kappa shape index (κ2) is 7.89. The number of nitrogens with zero attached hydrogens (tertiary/aromatic N) is 1. The van der Waals surface area contributed by atoms with Crippen LogP contribution in [-0.4, -0.2) is 29.7 Å². The molecule has 2 aromatic carbocycles. The number of hydrogen-bond acceptors (Lipinski definition) is 2. The molecular formula is C23H30FNO. The fourth-order valence-electron chi connectivity index (χ4n) is 4.62. The van der Waals surface area contributed by atoms with Gasteiger partial charge >= 0.3 is 0 Å². The van der Waals surface area contributed by atoms with Crippen molar-refractivity contribution in [3.8, 4) is 0 Å². The van der Waals surface area contributed by atoms with Gasteiger partial charge in [-0.25, -0.2) is 4.39 Å². The summed E-state index contributed by atoms with van der Waals surface area (Å²) in [4.78, 5) is 2.18. The van der Waals surface area contributed by atoms with E-state index in [2.05, 4.69) is 38.1 Å². The topological polar surface area (TPSA) is 23.5 Å². The normalized spacial score (nSPS) is 25.8. The molecule has 3 heteroatoms. The molecule has 0 heterocycles. The summed E-state index contributed by atoms with van der Waals surface area (Å²) in [5.41, 5.74) is 1.57. The van der Waals surface area contributed by atoms with Gasteiger partial charge in [0.2, 0.25) is 0 Å². The highest BCUT2D eigenvalue weighted by molar-refractivity contribution is 5.24. The third kappa shape index (κ3) is 3.99. The Morgan fingerprint density at radius 2 is 1.62 bits per heavy atom. The van der Waals surface area contributed by atoms with Gasteiger partial charge in [0.1, 0.15) is 5.82 Å². The average molecular weight is 355 g/mol. The molecule has 2 unspecified atom stereocenters. The second-order valence-electron chi connectivity index (χ2n) is 8.04. The van der Waals surface area contributed by atoms with Crippen molar-refractivity contribution in [3.05, 3.63) is 71.5 Å².